The maximum Gasteiger partial charge on any atom is 0.342 e. The van der Waals surface area contributed by atoms with E-state index < -0.39 is 11.4 Å². The molecule has 0 radical (unpaired) electrons. The Morgan fingerprint density at radius 3 is 2.37 bits per heavy atom. The molecule has 5 rings (SSSR count). The molecule has 162 valence electrons. The van der Waals surface area contributed by atoms with E-state index in [0.717, 1.165) is 37.0 Å². The van der Waals surface area contributed by atoms with Crippen LogP contribution in [0.4, 0.5) is 0 Å². The molecule has 3 aliphatic carbocycles. The van der Waals surface area contributed by atoms with Crippen LogP contribution in [0.1, 0.15) is 73.6 Å². The second-order valence-electron chi connectivity index (χ2n) is 11.5. The van der Waals surface area contributed by atoms with Crippen molar-refractivity contribution in [2.24, 2.45) is 28.1 Å². The van der Waals surface area contributed by atoms with Crippen LogP contribution in [-0.4, -0.2) is 29.7 Å². The molecule has 0 unspecified atom stereocenters. The third-order valence-corrected chi connectivity index (χ3v) is 9.62. The number of ketones is 2. The molecule has 2 heterocycles. The zero-order valence-corrected chi connectivity index (χ0v) is 18.9. The smallest absolute Gasteiger partial charge is 0.342 e. The highest BCUT2D eigenvalue weighted by Crippen LogP contribution is 2.68. The van der Waals surface area contributed by atoms with Crippen molar-refractivity contribution in [2.75, 3.05) is 6.61 Å². The van der Waals surface area contributed by atoms with Gasteiger partial charge in [0.15, 0.2) is 5.78 Å². The number of esters is 1. The fourth-order valence-corrected chi connectivity index (χ4v) is 7.84. The van der Waals surface area contributed by atoms with Gasteiger partial charge in [-0.25, -0.2) is 4.79 Å². The average molecular weight is 413 g/mol. The zero-order chi connectivity index (χ0) is 21.9. The third kappa shape index (κ3) is 2.17. The third-order valence-electron chi connectivity index (χ3n) is 9.62. The van der Waals surface area contributed by atoms with Gasteiger partial charge >= 0.3 is 5.97 Å². The van der Waals surface area contributed by atoms with E-state index in [1.54, 1.807) is 6.92 Å². The van der Waals surface area contributed by atoms with Crippen molar-refractivity contribution in [1.82, 2.24) is 0 Å². The van der Waals surface area contributed by atoms with Crippen molar-refractivity contribution in [3.8, 4) is 0 Å². The predicted molar refractivity (Wildman–Crippen MR) is 110 cm³/mol. The standard InChI is InChI=1S/C25H32O5/c1-13-19(27)18-14(12-29-21(18)28)24(5)11-16-23(4)9-8-17(26)22(2,3)15(23)7-10-25(16,6)30-20(13)24/h15-16H,7-12H2,1-6H3/t15-,16-,23-,24+,25-/m0/s1. The number of carbonyl (C=O) groups excluding carboxylic acids is 3. The lowest BCUT2D eigenvalue weighted by Crippen LogP contribution is -2.63. The number of carbonyl (C=O) groups is 3. The molecule has 0 aromatic rings. The Labute approximate surface area is 178 Å². The van der Waals surface area contributed by atoms with Crippen LogP contribution >= 0.6 is 0 Å². The molecule has 5 heteroatoms. The van der Waals surface area contributed by atoms with Gasteiger partial charge in [-0.2, -0.15) is 0 Å². The SMILES string of the molecule is CC1=C2O[C@@]3(C)CC[C@H]4C(C)(C)C(=O)CC[C@]4(C)[C@@H]3C[C@]2(C)C2=C(C(=O)OC2)C1=O. The Morgan fingerprint density at radius 2 is 1.67 bits per heavy atom. The molecule has 30 heavy (non-hydrogen) atoms. The van der Waals surface area contributed by atoms with Crippen molar-refractivity contribution < 1.29 is 23.9 Å². The van der Waals surface area contributed by atoms with Crippen LogP contribution in [0.25, 0.3) is 0 Å². The second-order valence-corrected chi connectivity index (χ2v) is 11.5. The second kappa shape index (κ2) is 5.66. The molecule has 0 aromatic heterocycles. The van der Waals surface area contributed by atoms with Gasteiger partial charge in [-0.1, -0.05) is 20.8 Å². The van der Waals surface area contributed by atoms with Gasteiger partial charge < -0.3 is 9.47 Å². The summed E-state index contributed by atoms with van der Waals surface area (Å²) in [4.78, 5) is 38.1. The summed E-state index contributed by atoms with van der Waals surface area (Å²) in [6.45, 7) is 12.8. The summed E-state index contributed by atoms with van der Waals surface area (Å²) < 4.78 is 12.1. The summed E-state index contributed by atoms with van der Waals surface area (Å²) in [5.74, 6) is 0.900. The van der Waals surface area contributed by atoms with Gasteiger partial charge in [0.05, 0.1) is 5.41 Å². The molecule has 0 bridgehead atoms. The zero-order valence-electron chi connectivity index (χ0n) is 18.9. The first-order valence-electron chi connectivity index (χ1n) is 11.3. The first-order valence-corrected chi connectivity index (χ1v) is 11.3. The first kappa shape index (κ1) is 20.0. The minimum absolute atomic E-state index is 0.0293. The Morgan fingerprint density at radius 1 is 0.967 bits per heavy atom. The molecule has 5 atom stereocenters. The molecule has 0 aromatic carbocycles. The van der Waals surface area contributed by atoms with Gasteiger partial charge in [0.25, 0.3) is 0 Å². The van der Waals surface area contributed by atoms with E-state index in [1.165, 1.54) is 0 Å². The van der Waals surface area contributed by atoms with Crippen molar-refractivity contribution >= 4 is 17.5 Å². The van der Waals surface area contributed by atoms with E-state index in [4.69, 9.17) is 9.47 Å². The highest BCUT2D eigenvalue weighted by atomic mass is 16.5. The number of fused-ring (bicyclic) bond motifs is 5. The minimum Gasteiger partial charge on any atom is -0.490 e. The number of cyclic esters (lactones) is 1. The molecule has 2 aliphatic heterocycles. The fourth-order valence-electron chi connectivity index (χ4n) is 7.84. The number of allylic oxidation sites excluding steroid dienone is 2. The van der Waals surface area contributed by atoms with Crippen LogP contribution in [0.2, 0.25) is 0 Å². The largest absolute Gasteiger partial charge is 0.490 e. The van der Waals surface area contributed by atoms with Crippen molar-refractivity contribution in [2.45, 2.75) is 79.2 Å². The molecule has 5 nitrogen and oxygen atoms in total. The molecule has 1 saturated heterocycles. The van der Waals surface area contributed by atoms with E-state index in [-0.39, 0.29) is 40.3 Å². The van der Waals surface area contributed by atoms with E-state index in [9.17, 15) is 14.4 Å². The molecule has 2 saturated carbocycles. The van der Waals surface area contributed by atoms with Gasteiger partial charge in [-0.15, -0.1) is 0 Å². The van der Waals surface area contributed by atoms with Crippen LogP contribution in [0.3, 0.4) is 0 Å². The quantitative estimate of drug-likeness (QED) is 0.438. The molecule has 0 amide bonds. The summed E-state index contributed by atoms with van der Waals surface area (Å²) in [7, 11) is 0. The summed E-state index contributed by atoms with van der Waals surface area (Å²) >= 11 is 0. The number of hydrogen-bond acceptors (Lipinski definition) is 5. The monoisotopic (exact) mass is 412 g/mol. The van der Waals surface area contributed by atoms with Crippen molar-refractivity contribution in [1.29, 1.82) is 0 Å². The van der Waals surface area contributed by atoms with Crippen LogP contribution in [0, 0.1) is 28.1 Å². The lowest BCUT2D eigenvalue weighted by atomic mass is 9.42. The van der Waals surface area contributed by atoms with Crippen LogP contribution in [0.5, 0.6) is 0 Å². The lowest BCUT2D eigenvalue weighted by Gasteiger charge is -2.65. The van der Waals surface area contributed by atoms with Gasteiger partial charge in [-0.3, -0.25) is 9.59 Å². The summed E-state index contributed by atoms with van der Waals surface area (Å²) in [6, 6.07) is 0. The van der Waals surface area contributed by atoms with Crippen LogP contribution in [0.15, 0.2) is 22.5 Å². The van der Waals surface area contributed by atoms with Crippen molar-refractivity contribution in [3.63, 3.8) is 0 Å². The Kier molecular flexibility index (Phi) is 3.78. The van der Waals surface area contributed by atoms with Gasteiger partial charge in [0.2, 0.25) is 0 Å². The topological polar surface area (TPSA) is 69.7 Å². The molecule has 0 spiro atoms. The maximum absolute atomic E-state index is 13.0. The van der Waals surface area contributed by atoms with Gasteiger partial charge in [0.1, 0.15) is 29.3 Å². The molecular weight excluding hydrogens is 380 g/mol. The normalized spacial score (nSPS) is 44.7. The van der Waals surface area contributed by atoms with Gasteiger partial charge in [-0.05, 0) is 63.4 Å². The predicted octanol–water partition coefficient (Wildman–Crippen LogP) is 4.30. The summed E-state index contributed by atoms with van der Waals surface area (Å²) in [5, 5.41) is 0. The van der Waals surface area contributed by atoms with Crippen LogP contribution < -0.4 is 0 Å². The highest BCUT2D eigenvalue weighted by molar-refractivity contribution is 6.26. The Hall–Kier alpha value is -1.91. The van der Waals surface area contributed by atoms with E-state index >= 15 is 0 Å². The summed E-state index contributed by atoms with van der Waals surface area (Å²) in [6.07, 6.45) is 4.12. The lowest BCUT2D eigenvalue weighted by molar-refractivity contribution is -0.211. The van der Waals surface area contributed by atoms with E-state index in [1.807, 2.05) is 0 Å². The number of ether oxygens (including phenoxy) is 2. The minimum atomic E-state index is -0.514. The number of rotatable bonds is 0. The van der Waals surface area contributed by atoms with Gasteiger partial charge in [0, 0.05) is 23.3 Å². The summed E-state index contributed by atoms with van der Waals surface area (Å²) in [5.41, 5.74) is 0.305. The van der Waals surface area contributed by atoms with Crippen LogP contribution in [-0.2, 0) is 23.9 Å². The molecule has 3 fully saturated rings. The number of Topliss-reactive ketones (excluding diaryl/α,β-unsaturated/α-hetero) is 2. The molecule has 5 aliphatic rings. The first-order chi connectivity index (χ1) is 13.9. The van der Waals surface area contributed by atoms with E-state index in [0.29, 0.717) is 23.7 Å². The molecular formula is C25H32O5. The Balaban J connectivity index is 1.64. The molecule has 0 N–H and O–H groups in total. The maximum atomic E-state index is 13.0. The number of hydrogen-bond donors (Lipinski definition) is 0. The fraction of sp³-hybridized carbons (Fsp3) is 0.720. The van der Waals surface area contributed by atoms with Crippen molar-refractivity contribution in [3.05, 3.63) is 22.5 Å². The Bertz CT molecular complexity index is 968. The van der Waals surface area contributed by atoms with E-state index in [2.05, 4.69) is 34.6 Å². The highest BCUT2D eigenvalue weighted by Gasteiger charge is 2.66. The average Bonchev–Trinajstić information content (AvgIpc) is 3.06.